The number of anilines is 1. The molecule has 0 saturated carbocycles. The van der Waals surface area contributed by atoms with E-state index in [4.69, 9.17) is 4.74 Å². The summed E-state index contributed by atoms with van der Waals surface area (Å²) in [6, 6.07) is 6.99. The van der Waals surface area contributed by atoms with Gasteiger partial charge in [-0.3, -0.25) is 4.72 Å². The molecule has 0 radical (unpaired) electrons. The van der Waals surface area contributed by atoms with E-state index in [2.05, 4.69) is 4.72 Å². The summed E-state index contributed by atoms with van der Waals surface area (Å²) in [5, 5.41) is 0. The molecular weight excluding hydrogens is 276 g/mol. The molecule has 1 fully saturated rings. The zero-order chi connectivity index (χ0) is 14.6. The van der Waals surface area contributed by atoms with Crippen LogP contribution in [0, 0.1) is 0 Å². The van der Waals surface area contributed by atoms with E-state index in [1.165, 1.54) is 4.31 Å². The second kappa shape index (κ2) is 6.45. The highest BCUT2D eigenvalue weighted by Gasteiger charge is 2.23. The highest BCUT2D eigenvalue weighted by molar-refractivity contribution is 7.90. The first-order valence-electron chi connectivity index (χ1n) is 7.02. The summed E-state index contributed by atoms with van der Waals surface area (Å²) < 4.78 is 34.1. The first-order valence-corrected chi connectivity index (χ1v) is 8.46. The number of benzene rings is 1. The molecule has 1 heterocycles. The van der Waals surface area contributed by atoms with Crippen molar-refractivity contribution in [2.75, 3.05) is 17.8 Å². The summed E-state index contributed by atoms with van der Waals surface area (Å²) in [6.45, 7) is 5.10. The van der Waals surface area contributed by atoms with Crippen LogP contribution < -0.4 is 9.46 Å². The molecule has 0 bridgehead atoms. The zero-order valence-corrected chi connectivity index (χ0v) is 12.8. The Morgan fingerprint density at radius 1 is 1.10 bits per heavy atom. The van der Waals surface area contributed by atoms with Crippen LogP contribution in [0.3, 0.4) is 0 Å². The molecule has 0 spiro atoms. The van der Waals surface area contributed by atoms with E-state index < -0.39 is 10.2 Å². The molecule has 1 aliphatic rings. The topological polar surface area (TPSA) is 58.6 Å². The maximum absolute atomic E-state index is 12.2. The van der Waals surface area contributed by atoms with Crippen molar-refractivity contribution in [3.05, 3.63) is 24.3 Å². The molecule has 5 nitrogen and oxygen atoms in total. The third kappa shape index (κ3) is 4.11. The quantitative estimate of drug-likeness (QED) is 0.909. The number of hydrogen-bond donors (Lipinski definition) is 1. The van der Waals surface area contributed by atoms with E-state index in [1.54, 1.807) is 24.3 Å². The monoisotopic (exact) mass is 298 g/mol. The maximum atomic E-state index is 12.2. The van der Waals surface area contributed by atoms with Crippen molar-refractivity contribution in [1.29, 1.82) is 0 Å². The molecule has 1 aliphatic heterocycles. The summed E-state index contributed by atoms with van der Waals surface area (Å²) >= 11 is 0. The average molecular weight is 298 g/mol. The smallest absolute Gasteiger partial charge is 0.301 e. The van der Waals surface area contributed by atoms with Gasteiger partial charge in [0, 0.05) is 13.1 Å². The van der Waals surface area contributed by atoms with Gasteiger partial charge >= 0.3 is 10.2 Å². The van der Waals surface area contributed by atoms with Crippen LogP contribution in [0.5, 0.6) is 5.75 Å². The molecule has 1 aromatic rings. The fraction of sp³-hybridized carbons (Fsp3) is 0.571. The predicted molar refractivity (Wildman–Crippen MR) is 80.2 cm³/mol. The molecule has 2 rings (SSSR count). The van der Waals surface area contributed by atoms with Gasteiger partial charge in [-0.2, -0.15) is 12.7 Å². The van der Waals surface area contributed by atoms with Crippen molar-refractivity contribution in [3.8, 4) is 5.75 Å². The van der Waals surface area contributed by atoms with Crippen LogP contribution in [-0.2, 0) is 10.2 Å². The van der Waals surface area contributed by atoms with Gasteiger partial charge in [0.1, 0.15) is 5.75 Å². The Morgan fingerprint density at radius 2 is 1.70 bits per heavy atom. The van der Waals surface area contributed by atoms with Crippen molar-refractivity contribution in [3.63, 3.8) is 0 Å². The number of nitrogens with zero attached hydrogens (tertiary/aromatic N) is 1. The van der Waals surface area contributed by atoms with Crippen molar-refractivity contribution in [1.82, 2.24) is 4.31 Å². The number of piperidine rings is 1. The van der Waals surface area contributed by atoms with Crippen molar-refractivity contribution < 1.29 is 13.2 Å². The largest absolute Gasteiger partial charge is 0.491 e. The Kier molecular flexibility index (Phi) is 4.88. The number of hydrogen-bond acceptors (Lipinski definition) is 3. The van der Waals surface area contributed by atoms with Gasteiger partial charge in [-0.05, 0) is 51.0 Å². The summed E-state index contributed by atoms with van der Waals surface area (Å²) in [5.41, 5.74) is 0.562. The van der Waals surface area contributed by atoms with Crippen molar-refractivity contribution >= 4 is 15.9 Å². The predicted octanol–water partition coefficient (Wildman–Crippen LogP) is 2.62. The second-order valence-corrected chi connectivity index (χ2v) is 6.93. The summed E-state index contributed by atoms with van der Waals surface area (Å²) in [4.78, 5) is 0. The van der Waals surface area contributed by atoms with Gasteiger partial charge in [0.2, 0.25) is 0 Å². The Labute approximate surface area is 121 Å². The van der Waals surface area contributed by atoms with Gasteiger partial charge < -0.3 is 4.74 Å². The lowest BCUT2D eigenvalue weighted by Crippen LogP contribution is -2.39. The van der Waals surface area contributed by atoms with Crippen LogP contribution in [0.4, 0.5) is 5.69 Å². The van der Waals surface area contributed by atoms with E-state index >= 15 is 0 Å². The van der Waals surface area contributed by atoms with Gasteiger partial charge in [-0.25, -0.2) is 0 Å². The number of ether oxygens (including phenoxy) is 1. The second-order valence-electron chi connectivity index (χ2n) is 5.26. The molecule has 20 heavy (non-hydrogen) atoms. The molecule has 0 atom stereocenters. The number of rotatable bonds is 5. The van der Waals surface area contributed by atoms with Crippen LogP contribution >= 0.6 is 0 Å². The fourth-order valence-electron chi connectivity index (χ4n) is 2.19. The molecule has 1 saturated heterocycles. The first-order chi connectivity index (χ1) is 9.47. The molecule has 0 unspecified atom stereocenters. The van der Waals surface area contributed by atoms with E-state index in [0.29, 0.717) is 18.8 Å². The van der Waals surface area contributed by atoms with Crippen LogP contribution in [-0.4, -0.2) is 31.9 Å². The number of nitrogens with one attached hydrogen (secondary N) is 1. The summed E-state index contributed by atoms with van der Waals surface area (Å²) in [7, 11) is -3.43. The summed E-state index contributed by atoms with van der Waals surface area (Å²) in [5.74, 6) is 0.737. The minimum atomic E-state index is -3.43. The maximum Gasteiger partial charge on any atom is 0.301 e. The van der Waals surface area contributed by atoms with Crippen LogP contribution in [0.25, 0.3) is 0 Å². The third-order valence-corrected chi connectivity index (χ3v) is 4.67. The minimum Gasteiger partial charge on any atom is -0.491 e. The minimum absolute atomic E-state index is 0.103. The first kappa shape index (κ1) is 15.1. The van der Waals surface area contributed by atoms with Crippen LogP contribution in [0.2, 0.25) is 0 Å². The fourth-order valence-corrected chi connectivity index (χ4v) is 3.49. The molecule has 1 aromatic carbocycles. The van der Waals surface area contributed by atoms with Crippen LogP contribution in [0.1, 0.15) is 33.1 Å². The SMILES string of the molecule is CC(C)Oc1ccc(NS(=O)(=O)N2CCCCC2)cc1. The molecule has 1 N–H and O–H groups in total. The molecule has 0 aliphatic carbocycles. The Bertz CT molecular complexity index is 520. The Hall–Kier alpha value is -1.27. The standard InChI is InChI=1S/C14H22N2O3S/c1-12(2)19-14-8-6-13(7-9-14)15-20(17,18)16-10-4-3-5-11-16/h6-9,12,15H,3-5,10-11H2,1-2H3. The molecule has 0 amide bonds. The van der Waals surface area contributed by atoms with Gasteiger partial charge in [-0.15, -0.1) is 0 Å². The normalized spacial score (nSPS) is 17.1. The lowest BCUT2D eigenvalue weighted by atomic mass is 10.2. The van der Waals surface area contributed by atoms with E-state index in [-0.39, 0.29) is 6.10 Å². The molecule has 112 valence electrons. The van der Waals surface area contributed by atoms with Crippen molar-refractivity contribution in [2.45, 2.75) is 39.2 Å². The van der Waals surface area contributed by atoms with E-state index in [0.717, 1.165) is 25.0 Å². The van der Waals surface area contributed by atoms with E-state index in [9.17, 15) is 8.42 Å². The third-order valence-electron chi connectivity index (χ3n) is 3.13. The summed E-state index contributed by atoms with van der Waals surface area (Å²) in [6.07, 6.45) is 3.07. The van der Waals surface area contributed by atoms with Gasteiger partial charge in [0.05, 0.1) is 11.8 Å². The zero-order valence-electron chi connectivity index (χ0n) is 12.0. The lowest BCUT2D eigenvalue weighted by molar-refractivity contribution is 0.242. The van der Waals surface area contributed by atoms with Crippen molar-refractivity contribution in [2.24, 2.45) is 0 Å². The average Bonchev–Trinajstić information content (AvgIpc) is 2.41. The van der Waals surface area contributed by atoms with Crippen LogP contribution in [0.15, 0.2) is 24.3 Å². The highest BCUT2D eigenvalue weighted by Crippen LogP contribution is 2.20. The molecular formula is C14H22N2O3S. The van der Waals surface area contributed by atoms with E-state index in [1.807, 2.05) is 13.8 Å². The van der Waals surface area contributed by atoms with Gasteiger partial charge in [-0.1, -0.05) is 6.42 Å². The molecule has 0 aromatic heterocycles. The van der Waals surface area contributed by atoms with Gasteiger partial charge in [0.15, 0.2) is 0 Å². The Balaban J connectivity index is 2.01. The molecule has 6 heteroatoms. The Morgan fingerprint density at radius 3 is 2.25 bits per heavy atom. The highest BCUT2D eigenvalue weighted by atomic mass is 32.2. The van der Waals surface area contributed by atoms with Gasteiger partial charge in [0.25, 0.3) is 0 Å². The lowest BCUT2D eigenvalue weighted by Gasteiger charge is -2.26.